The van der Waals surface area contributed by atoms with Crippen LogP contribution in [0.15, 0.2) is 47.4 Å². The Kier molecular flexibility index (Phi) is 5.18. The second-order valence-corrected chi connectivity index (χ2v) is 7.67. The van der Waals surface area contributed by atoms with Crippen molar-refractivity contribution in [3.05, 3.63) is 48.0 Å². The Morgan fingerprint density at radius 1 is 1.08 bits per heavy atom. The van der Waals surface area contributed by atoms with E-state index in [1.807, 2.05) is 13.8 Å². The summed E-state index contributed by atoms with van der Waals surface area (Å²) in [5.41, 5.74) is 2.31. The minimum atomic E-state index is -3.69. The number of anilines is 2. The minimum Gasteiger partial charge on any atom is -0.494 e. The Morgan fingerprint density at radius 2 is 1.81 bits per heavy atom. The van der Waals surface area contributed by atoms with Gasteiger partial charge in [-0.2, -0.15) is 0 Å². The molecule has 2 aromatic rings. The smallest absolute Gasteiger partial charge is 0.261 e. The van der Waals surface area contributed by atoms with E-state index in [1.165, 1.54) is 12.1 Å². The third-order valence-electron chi connectivity index (χ3n) is 4.29. The lowest BCUT2D eigenvalue weighted by atomic mass is 10.0. The number of carbonyl (C=O) groups excluding carboxylic acids is 1. The number of fused-ring (bicyclic) bond motifs is 1. The topological polar surface area (TPSA) is 75.7 Å². The van der Waals surface area contributed by atoms with E-state index in [0.717, 1.165) is 11.3 Å². The number of nitrogens with one attached hydrogen (secondary N) is 1. The summed E-state index contributed by atoms with van der Waals surface area (Å²) in [5, 5.41) is 0. The van der Waals surface area contributed by atoms with Gasteiger partial charge in [0, 0.05) is 24.3 Å². The molecule has 0 saturated heterocycles. The molecule has 0 radical (unpaired) electrons. The molecule has 1 aliphatic heterocycles. The van der Waals surface area contributed by atoms with Crippen LogP contribution in [-0.2, 0) is 21.2 Å². The van der Waals surface area contributed by atoms with E-state index < -0.39 is 10.0 Å². The highest BCUT2D eigenvalue weighted by Crippen LogP contribution is 2.31. The Labute approximate surface area is 153 Å². The molecule has 26 heavy (non-hydrogen) atoms. The largest absolute Gasteiger partial charge is 0.494 e. The van der Waals surface area contributed by atoms with E-state index in [4.69, 9.17) is 4.74 Å². The maximum atomic E-state index is 12.6. The second-order valence-electron chi connectivity index (χ2n) is 5.99. The number of aryl methyl sites for hydroxylation is 1. The molecular formula is C19H22N2O4S. The summed E-state index contributed by atoms with van der Waals surface area (Å²) >= 11 is 0. The van der Waals surface area contributed by atoms with E-state index in [0.29, 0.717) is 37.4 Å². The third kappa shape index (κ3) is 3.67. The molecule has 138 valence electrons. The van der Waals surface area contributed by atoms with Crippen LogP contribution in [0.5, 0.6) is 5.75 Å². The van der Waals surface area contributed by atoms with Crippen LogP contribution in [0.2, 0.25) is 0 Å². The Bertz CT molecular complexity index is 908. The molecule has 0 bridgehead atoms. The quantitative estimate of drug-likeness (QED) is 0.843. The zero-order chi connectivity index (χ0) is 18.7. The Morgan fingerprint density at radius 3 is 2.46 bits per heavy atom. The molecule has 0 aliphatic carbocycles. The fraction of sp³-hybridized carbons (Fsp3) is 0.316. The van der Waals surface area contributed by atoms with Gasteiger partial charge in [-0.3, -0.25) is 9.52 Å². The number of hydrogen-bond acceptors (Lipinski definition) is 4. The normalized spacial score (nSPS) is 14.1. The molecule has 6 nitrogen and oxygen atoms in total. The van der Waals surface area contributed by atoms with Crippen LogP contribution in [0, 0.1) is 0 Å². The maximum Gasteiger partial charge on any atom is 0.261 e. The molecule has 1 N–H and O–H groups in total. The van der Waals surface area contributed by atoms with Gasteiger partial charge in [-0.1, -0.05) is 0 Å². The van der Waals surface area contributed by atoms with Crippen molar-refractivity contribution in [1.82, 2.24) is 0 Å². The number of sulfonamides is 1. The van der Waals surface area contributed by atoms with Crippen LogP contribution >= 0.6 is 0 Å². The third-order valence-corrected chi connectivity index (χ3v) is 5.69. The molecule has 2 aromatic carbocycles. The lowest BCUT2D eigenvalue weighted by molar-refractivity contribution is -0.118. The Hall–Kier alpha value is -2.54. The van der Waals surface area contributed by atoms with Crippen molar-refractivity contribution < 1.29 is 17.9 Å². The van der Waals surface area contributed by atoms with Crippen molar-refractivity contribution in [3.63, 3.8) is 0 Å². The molecule has 1 heterocycles. The first-order valence-electron chi connectivity index (χ1n) is 8.63. The van der Waals surface area contributed by atoms with Crippen molar-refractivity contribution in [1.29, 1.82) is 0 Å². The molecule has 0 aromatic heterocycles. The van der Waals surface area contributed by atoms with Gasteiger partial charge >= 0.3 is 0 Å². The first kappa shape index (κ1) is 18.3. The number of ether oxygens (including phenoxy) is 1. The van der Waals surface area contributed by atoms with Crippen LogP contribution in [0.1, 0.15) is 25.8 Å². The maximum absolute atomic E-state index is 12.6. The van der Waals surface area contributed by atoms with Crippen LogP contribution < -0.4 is 14.4 Å². The molecule has 0 spiro atoms. The highest BCUT2D eigenvalue weighted by molar-refractivity contribution is 7.92. The van der Waals surface area contributed by atoms with E-state index in [-0.39, 0.29) is 10.8 Å². The van der Waals surface area contributed by atoms with Crippen molar-refractivity contribution in [3.8, 4) is 5.75 Å². The zero-order valence-electron chi connectivity index (χ0n) is 14.9. The average Bonchev–Trinajstić information content (AvgIpc) is 2.62. The molecule has 0 atom stereocenters. The fourth-order valence-corrected chi connectivity index (χ4v) is 4.12. The summed E-state index contributed by atoms with van der Waals surface area (Å²) in [6.07, 6.45) is 1.05. The molecule has 0 unspecified atom stereocenters. The van der Waals surface area contributed by atoms with Gasteiger partial charge < -0.3 is 9.64 Å². The van der Waals surface area contributed by atoms with Crippen LogP contribution in [0.3, 0.4) is 0 Å². The SMILES string of the molecule is CCOc1ccc(S(=O)(=O)Nc2ccc3c(c2)CCC(=O)N3CC)cc1. The zero-order valence-corrected chi connectivity index (χ0v) is 15.7. The lowest BCUT2D eigenvalue weighted by Crippen LogP contribution is -2.34. The van der Waals surface area contributed by atoms with Crippen LogP contribution in [-0.4, -0.2) is 27.5 Å². The van der Waals surface area contributed by atoms with E-state index >= 15 is 0 Å². The number of rotatable bonds is 6. The van der Waals surface area contributed by atoms with Crippen molar-refractivity contribution in [2.24, 2.45) is 0 Å². The van der Waals surface area contributed by atoms with Gasteiger partial charge in [0.2, 0.25) is 5.91 Å². The molecule has 1 aliphatic rings. The summed E-state index contributed by atoms with van der Waals surface area (Å²) in [7, 11) is -3.69. The summed E-state index contributed by atoms with van der Waals surface area (Å²) < 4.78 is 33.1. The molecule has 0 fully saturated rings. The predicted octanol–water partition coefficient (Wildman–Crippen LogP) is 3.19. The average molecular weight is 374 g/mol. The van der Waals surface area contributed by atoms with E-state index in [1.54, 1.807) is 35.2 Å². The number of nitrogens with zero attached hydrogens (tertiary/aromatic N) is 1. The van der Waals surface area contributed by atoms with Gasteiger partial charge in [-0.05, 0) is 68.3 Å². The fourth-order valence-electron chi connectivity index (χ4n) is 3.07. The number of hydrogen-bond donors (Lipinski definition) is 1. The van der Waals surface area contributed by atoms with Gasteiger partial charge in [-0.25, -0.2) is 8.42 Å². The number of carbonyl (C=O) groups is 1. The van der Waals surface area contributed by atoms with Gasteiger partial charge in [0.1, 0.15) is 5.75 Å². The standard InChI is InChI=1S/C19H22N2O4S/c1-3-21-18-11-6-15(13-14(18)5-12-19(21)22)20-26(23,24)17-9-7-16(8-10-17)25-4-2/h6-11,13,20H,3-5,12H2,1-2H3. The number of benzene rings is 2. The van der Waals surface area contributed by atoms with Gasteiger partial charge in [0.25, 0.3) is 10.0 Å². The minimum absolute atomic E-state index is 0.0997. The second kappa shape index (κ2) is 7.37. The molecular weight excluding hydrogens is 352 g/mol. The van der Waals surface area contributed by atoms with Crippen LogP contribution in [0.4, 0.5) is 11.4 Å². The lowest BCUT2D eigenvalue weighted by Gasteiger charge is -2.28. The highest BCUT2D eigenvalue weighted by atomic mass is 32.2. The van der Waals surface area contributed by atoms with Crippen LogP contribution in [0.25, 0.3) is 0 Å². The molecule has 7 heteroatoms. The van der Waals surface area contributed by atoms with Gasteiger partial charge in [-0.15, -0.1) is 0 Å². The van der Waals surface area contributed by atoms with Crippen molar-refractivity contribution in [2.45, 2.75) is 31.6 Å². The van der Waals surface area contributed by atoms with E-state index in [2.05, 4.69) is 4.72 Å². The Balaban J connectivity index is 1.83. The predicted molar refractivity (Wildman–Crippen MR) is 101 cm³/mol. The molecule has 3 rings (SSSR count). The first-order valence-corrected chi connectivity index (χ1v) is 10.1. The summed E-state index contributed by atoms with van der Waals surface area (Å²) in [5.74, 6) is 0.729. The monoisotopic (exact) mass is 374 g/mol. The highest BCUT2D eigenvalue weighted by Gasteiger charge is 2.23. The first-order chi connectivity index (χ1) is 12.4. The van der Waals surface area contributed by atoms with Gasteiger partial charge in [0.15, 0.2) is 0 Å². The molecule has 0 saturated carbocycles. The molecule has 1 amide bonds. The summed E-state index contributed by atoms with van der Waals surface area (Å²) in [4.78, 5) is 13.9. The number of amides is 1. The van der Waals surface area contributed by atoms with E-state index in [9.17, 15) is 13.2 Å². The van der Waals surface area contributed by atoms with Crippen molar-refractivity contribution in [2.75, 3.05) is 22.8 Å². The summed E-state index contributed by atoms with van der Waals surface area (Å²) in [6, 6.07) is 11.6. The summed E-state index contributed by atoms with van der Waals surface area (Å²) in [6.45, 7) is 4.92. The van der Waals surface area contributed by atoms with Gasteiger partial charge in [0.05, 0.1) is 11.5 Å². The van der Waals surface area contributed by atoms with Crippen molar-refractivity contribution >= 4 is 27.3 Å².